The second-order valence-corrected chi connectivity index (χ2v) is 8.05. The Kier molecular flexibility index (Phi) is 6.07. The molecule has 172 valence electrons. The third-order valence-corrected chi connectivity index (χ3v) is 5.95. The van der Waals surface area contributed by atoms with Crippen LogP contribution in [0.25, 0.3) is 22.0 Å². The van der Waals surface area contributed by atoms with Crippen molar-refractivity contribution in [2.75, 3.05) is 31.6 Å². The van der Waals surface area contributed by atoms with E-state index in [9.17, 15) is 14.3 Å². The minimum absolute atomic E-state index is 0.0836. The number of methoxy groups -OCH3 is 1. The zero-order valence-electron chi connectivity index (χ0n) is 18.0. The van der Waals surface area contributed by atoms with Crippen molar-refractivity contribution in [2.45, 2.75) is 13.0 Å². The van der Waals surface area contributed by atoms with E-state index in [-0.39, 0.29) is 39.6 Å². The van der Waals surface area contributed by atoms with Gasteiger partial charge in [0.2, 0.25) is 5.91 Å². The molecule has 1 atom stereocenters. The number of anilines is 1. The van der Waals surface area contributed by atoms with Gasteiger partial charge in [-0.3, -0.25) is 4.79 Å². The van der Waals surface area contributed by atoms with Crippen LogP contribution in [0.3, 0.4) is 0 Å². The van der Waals surface area contributed by atoms with Gasteiger partial charge in [0.05, 0.1) is 17.7 Å². The van der Waals surface area contributed by atoms with Gasteiger partial charge in [0.15, 0.2) is 5.82 Å². The first kappa shape index (κ1) is 22.7. The van der Waals surface area contributed by atoms with Gasteiger partial charge in [-0.15, -0.1) is 0 Å². The number of piperazine rings is 1. The fraction of sp³-hybridized carbons (Fsp3) is 0.261. The lowest BCUT2D eigenvalue weighted by Gasteiger charge is -2.40. The summed E-state index contributed by atoms with van der Waals surface area (Å²) in [6.45, 7) is 6.68. The van der Waals surface area contributed by atoms with E-state index in [1.165, 1.54) is 31.4 Å². The monoisotopic (exact) mass is 474 g/mol. The molecule has 0 unspecified atom stereocenters. The molecule has 0 spiro atoms. The van der Waals surface area contributed by atoms with Crippen molar-refractivity contribution < 1.29 is 23.4 Å². The molecule has 1 aliphatic rings. The molecule has 2 aromatic carbocycles. The highest BCUT2D eigenvalue weighted by Crippen LogP contribution is 2.42. The minimum Gasteiger partial charge on any atom is -0.507 e. The average molecular weight is 475 g/mol. The average Bonchev–Trinajstić information content (AvgIpc) is 2.79. The second-order valence-electron chi connectivity index (χ2n) is 7.64. The topological polar surface area (TPSA) is 78.8 Å². The van der Waals surface area contributed by atoms with Crippen LogP contribution < -0.4 is 9.64 Å². The van der Waals surface area contributed by atoms with Crippen LogP contribution in [0.5, 0.6) is 11.8 Å². The zero-order valence-corrected chi connectivity index (χ0v) is 18.7. The molecule has 1 aliphatic heterocycles. The molecule has 0 saturated carbocycles. The molecule has 1 fully saturated rings. The molecule has 3 aromatic rings. The molecule has 1 aromatic heterocycles. The lowest BCUT2D eigenvalue weighted by molar-refractivity contribution is -0.128. The number of aromatic nitrogens is 2. The number of carbonyl (C=O) groups is 1. The third-order valence-electron chi connectivity index (χ3n) is 5.65. The highest BCUT2D eigenvalue weighted by atomic mass is 35.5. The van der Waals surface area contributed by atoms with Gasteiger partial charge in [-0.2, -0.15) is 9.97 Å². The number of ether oxygens (including phenoxy) is 1. The minimum atomic E-state index is -0.909. The summed E-state index contributed by atoms with van der Waals surface area (Å²) < 4.78 is 35.4. The molecule has 0 radical (unpaired) electrons. The zero-order chi connectivity index (χ0) is 23.9. The van der Waals surface area contributed by atoms with E-state index in [1.807, 2.05) is 11.8 Å². The molecule has 33 heavy (non-hydrogen) atoms. The Hall–Kier alpha value is -3.46. The molecule has 2 heterocycles. The SMILES string of the molecule is C=CC(=O)N1CCN(c2nc(OC)nc3c(F)c(-c4c(O)cccc4F)c(Cl)cc23)C[C@H]1C. The van der Waals surface area contributed by atoms with Crippen molar-refractivity contribution in [2.24, 2.45) is 0 Å². The number of halogens is 3. The highest BCUT2D eigenvalue weighted by Gasteiger charge is 2.30. The van der Waals surface area contributed by atoms with Gasteiger partial charge in [0.1, 0.15) is 22.9 Å². The van der Waals surface area contributed by atoms with Gasteiger partial charge in [-0.1, -0.05) is 24.2 Å². The van der Waals surface area contributed by atoms with Gasteiger partial charge in [-0.05, 0) is 31.2 Å². The Morgan fingerprint density at radius 1 is 1.30 bits per heavy atom. The van der Waals surface area contributed by atoms with E-state index in [0.29, 0.717) is 30.8 Å². The standard InChI is InChI=1S/C23H21ClF2N4O3/c1-4-17(32)30-9-8-29(11-12(30)2)22-13-10-14(24)18(19-15(25)6-5-7-16(19)31)20(26)21(13)27-23(28-22)33-3/h4-7,10,12,31H,1,8-9,11H2,2-3H3/t12-/m1/s1. The van der Waals surface area contributed by atoms with Crippen LogP contribution in [0.15, 0.2) is 36.9 Å². The maximum Gasteiger partial charge on any atom is 0.318 e. The first-order chi connectivity index (χ1) is 15.8. The summed E-state index contributed by atoms with van der Waals surface area (Å²) >= 11 is 6.40. The van der Waals surface area contributed by atoms with Gasteiger partial charge in [0.25, 0.3) is 0 Å². The van der Waals surface area contributed by atoms with Crippen LogP contribution in [-0.4, -0.2) is 58.7 Å². The van der Waals surface area contributed by atoms with E-state index in [1.54, 1.807) is 4.90 Å². The number of amides is 1. The number of phenolic OH excluding ortho intramolecular Hbond substituents is 1. The summed E-state index contributed by atoms with van der Waals surface area (Å²) in [6, 6.07) is 4.86. The van der Waals surface area contributed by atoms with Crippen LogP contribution in [0.1, 0.15) is 6.92 Å². The van der Waals surface area contributed by atoms with E-state index in [2.05, 4.69) is 16.5 Å². The molecule has 4 rings (SSSR count). The van der Waals surface area contributed by atoms with Crippen molar-refractivity contribution in [3.8, 4) is 22.9 Å². The number of hydrogen-bond acceptors (Lipinski definition) is 6. The molecule has 1 amide bonds. The molecule has 1 N–H and O–H groups in total. The third kappa shape index (κ3) is 3.93. The lowest BCUT2D eigenvalue weighted by Crippen LogP contribution is -2.54. The maximum absolute atomic E-state index is 15.7. The molecule has 0 aliphatic carbocycles. The summed E-state index contributed by atoms with van der Waals surface area (Å²) in [4.78, 5) is 24.2. The predicted octanol–water partition coefficient (Wildman–Crippen LogP) is 4.17. The van der Waals surface area contributed by atoms with Crippen LogP contribution in [0, 0.1) is 11.6 Å². The predicted molar refractivity (Wildman–Crippen MR) is 122 cm³/mol. The Bertz CT molecular complexity index is 1250. The maximum atomic E-state index is 15.7. The van der Waals surface area contributed by atoms with Crippen molar-refractivity contribution in [3.05, 3.63) is 53.6 Å². The Balaban J connectivity index is 1.88. The number of nitrogens with zero attached hydrogens (tertiary/aromatic N) is 4. The molecule has 7 nitrogen and oxygen atoms in total. The molecule has 0 bridgehead atoms. The summed E-state index contributed by atoms with van der Waals surface area (Å²) in [6.07, 6.45) is 1.27. The first-order valence-electron chi connectivity index (χ1n) is 10.2. The number of aromatic hydroxyl groups is 1. The van der Waals surface area contributed by atoms with Crippen LogP contribution in [0.2, 0.25) is 5.02 Å². The molecule has 1 saturated heterocycles. The summed E-state index contributed by atoms with van der Waals surface area (Å²) in [5.74, 6) is -1.98. The second kappa shape index (κ2) is 8.82. The number of fused-ring (bicyclic) bond motifs is 1. The highest BCUT2D eigenvalue weighted by molar-refractivity contribution is 6.34. The number of hydrogen-bond donors (Lipinski definition) is 1. The first-order valence-corrected chi connectivity index (χ1v) is 10.5. The smallest absolute Gasteiger partial charge is 0.318 e. The van der Waals surface area contributed by atoms with Crippen molar-refractivity contribution in [3.63, 3.8) is 0 Å². The lowest BCUT2D eigenvalue weighted by atomic mass is 10.0. The summed E-state index contributed by atoms with van der Waals surface area (Å²) in [7, 11) is 1.35. The largest absolute Gasteiger partial charge is 0.507 e. The van der Waals surface area contributed by atoms with E-state index in [0.717, 1.165) is 6.07 Å². The number of carbonyl (C=O) groups excluding carboxylic acids is 1. The van der Waals surface area contributed by atoms with Crippen LogP contribution in [-0.2, 0) is 4.79 Å². The quantitative estimate of drug-likeness (QED) is 0.572. The van der Waals surface area contributed by atoms with Gasteiger partial charge in [0, 0.05) is 36.6 Å². The Morgan fingerprint density at radius 3 is 2.70 bits per heavy atom. The summed E-state index contributed by atoms with van der Waals surface area (Å²) in [5, 5.41) is 10.4. The fourth-order valence-corrected chi connectivity index (χ4v) is 4.36. The van der Waals surface area contributed by atoms with Crippen molar-refractivity contribution in [1.29, 1.82) is 0 Å². The normalized spacial score (nSPS) is 16.2. The van der Waals surface area contributed by atoms with E-state index < -0.39 is 17.4 Å². The van der Waals surface area contributed by atoms with E-state index >= 15 is 4.39 Å². The number of phenols is 1. The molecular formula is C23H21ClF2N4O3. The van der Waals surface area contributed by atoms with Crippen LogP contribution >= 0.6 is 11.6 Å². The van der Waals surface area contributed by atoms with Gasteiger partial charge < -0.3 is 19.6 Å². The molecule has 10 heteroatoms. The molecular weight excluding hydrogens is 454 g/mol. The van der Waals surface area contributed by atoms with Gasteiger partial charge >= 0.3 is 6.01 Å². The van der Waals surface area contributed by atoms with Crippen molar-refractivity contribution in [1.82, 2.24) is 14.9 Å². The fourth-order valence-electron chi connectivity index (χ4n) is 4.08. The summed E-state index contributed by atoms with van der Waals surface area (Å²) in [5.41, 5.74) is -0.788. The number of benzene rings is 2. The van der Waals surface area contributed by atoms with Crippen LogP contribution in [0.4, 0.5) is 14.6 Å². The Morgan fingerprint density at radius 2 is 2.06 bits per heavy atom. The Labute approximate surface area is 193 Å². The van der Waals surface area contributed by atoms with Gasteiger partial charge in [-0.25, -0.2) is 8.78 Å². The van der Waals surface area contributed by atoms with Crippen molar-refractivity contribution >= 4 is 34.2 Å². The van der Waals surface area contributed by atoms with E-state index in [4.69, 9.17) is 16.3 Å². The number of rotatable bonds is 4.